The van der Waals surface area contributed by atoms with Gasteiger partial charge in [0.1, 0.15) is 11.3 Å². The van der Waals surface area contributed by atoms with Crippen LogP contribution in [0.3, 0.4) is 0 Å². The third-order valence-electron chi connectivity index (χ3n) is 2.94. The molecule has 0 heterocycles. The second-order valence-corrected chi connectivity index (χ2v) is 5.41. The Labute approximate surface area is 92.9 Å². The summed E-state index contributed by atoms with van der Waals surface area (Å²) >= 11 is 0. The molecule has 0 aromatic carbocycles. The van der Waals surface area contributed by atoms with Gasteiger partial charge in [-0.25, -0.2) is 0 Å². The van der Waals surface area contributed by atoms with Crippen molar-refractivity contribution in [3.8, 4) is 0 Å². The fourth-order valence-electron chi connectivity index (χ4n) is 1.59. The molecule has 0 saturated carbocycles. The second kappa shape index (κ2) is 4.37. The molecule has 0 aromatic heterocycles. The smallest absolute Gasteiger partial charge is 0.149 e. The topological polar surface area (TPSA) is 52.9 Å². The van der Waals surface area contributed by atoms with Gasteiger partial charge in [-0.2, -0.15) is 0 Å². The molecular weight excluding hydrogens is 194 g/mol. The Kier molecular flexibility index (Phi) is 4.33. The molecular formula is C11H25NO3. The predicted molar refractivity (Wildman–Crippen MR) is 60.6 cm³/mol. The van der Waals surface area contributed by atoms with Crippen molar-refractivity contribution in [1.82, 2.24) is 4.90 Å². The molecule has 92 valence electrons. The van der Waals surface area contributed by atoms with Crippen molar-refractivity contribution in [1.29, 1.82) is 0 Å². The maximum absolute atomic E-state index is 10.5. The van der Waals surface area contributed by atoms with Gasteiger partial charge in [-0.05, 0) is 41.8 Å². The molecule has 0 aliphatic carbocycles. The Morgan fingerprint density at radius 1 is 1.07 bits per heavy atom. The molecule has 4 nitrogen and oxygen atoms in total. The third kappa shape index (κ3) is 3.41. The molecule has 0 radical (unpaired) electrons. The maximum atomic E-state index is 10.5. The van der Waals surface area contributed by atoms with Crippen molar-refractivity contribution in [3.05, 3.63) is 0 Å². The van der Waals surface area contributed by atoms with E-state index in [1.165, 1.54) is 0 Å². The van der Waals surface area contributed by atoms with Gasteiger partial charge >= 0.3 is 0 Å². The fourth-order valence-corrected chi connectivity index (χ4v) is 1.59. The minimum Gasteiger partial charge on any atom is -0.386 e. The molecule has 0 bridgehead atoms. The predicted octanol–water partition coefficient (Wildman–Crippen LogP) is 0.823. The minimum atomic E-state index is -1.31. The first-order valence-electron chi connectivity index (χ1n) is 5.13. The van der Waals surface area contributed by atoms with Crippen LogP contribution in [0.4, 0.5) is 0 Å². The van der Waals surface area contributed by atoms with Crippen molar-refractivity contribution in [2.24, 2.45) is 0 Å². The Morgan fingerprint density at radius 2 is 1.47 bits per heavy atom. The van der Waals surface area contributed by atoms with Gasteiger partial charge in [-0.15, -0.1) is 0 Å². The summed E-state index contributed by atoms with van der Waals surface area (Å²) in [7, 11) is 5.08. The maximum Gasteiger partial charge on any atom is 0.149 e. The van der Waals surface area contributed by atoms with Crippen molar-refractivity contribution in [3.63, 3.8) is 0 Å². The van der Waals surface area contributed by atoms with Gasteiger partial charge in [-0.3, -0.25) is 4.90 Å². The molecule has 0 fully saturated rings. The van der Waals surface area contributed by atoms with Gasteiger partial charge < -0.3 is 14.9 Å². The molecule has 0 spiro atoms. The number of hydrogen-bond donors (Lipinski definition) is 2. The highest BCUT2D eigenvalue weighted by molar-refractivity contribution is 4.95. The van der Waals surface area contributed by atoms with Crippen LogP contribution in [0.1, 0.15) is 34.1 Å². The fraction of sp³-hybridized carbons (Fsp3) is 1.00. The van der Waals surface area contributed by atoms with Crippen molar-refractivity contribution in [2.75, 3.05) is 21.2 Å². The van der Waals surface area contributed by atoms with Crippen LogP contribution in [0, 0.1) is 0 Å². The van der Waals surface area contributed by atoms with Crippen LogP contribution in [0.25, 0.3) is 0 Å². The highest BCUT2D eigenvalue weighted by Crippen LogP contribution is 2.33. The first kappa shape index (κ1) is 14.8. The second-order valence-electron chi connectivity index (χ2n) is 5.41. The van der Waals surface area contributed by atoms with E-state index in [-0.39, 0.29) is 0 Å². The van der Waals surface area contributed by atoms with Crippen molar-refractivity contribution in [2.45, 2.75) is 51.0 Å². The van der Waals surface area contributed by atoms with Gasteiger partial charge in [0.15, 0.2) is 0 Å². The third-order valence-corrected chi connectivity index (χ3v) is 2.94. The summed E-state index contributed by atoms with van der Waals surface area (Å²) in [6.45, 7) is 6.96. The van der Waals surface area contributed by atoms with E-state index in [0.717, 1.165) is 0 Å². The highest BCUT2D eigenvalue weighted by atomic mass is 16.5. The molecule has 1 unspecified atom stereocenters. The number of likely N-dealkylation sites (N-methyl/N-ethyl adjacent to an activating group) is 1. The average molecular weight is 219 g/mol. The molecule has 0 saturated heterocycles. The first-order chi connectivity index (χ1) is 6.46. The van der Waals surface area contributed by atoms with Crippen molar-refractivity contribution >= 4 is 0 Å². The van der Waals surface area contributed by atoms with Gasteiger partial charge in [0.2, 0.25) is 0 Å². The summed E-state index contributed by atoms with van der Waals surface area (Å²) in [5.74, 6) is 0. The summed E-state index contributed by atoms with van der Waals surface area (Å²) < 4.78 is 5.28. The Morgan fingerprint density at radius 3 is 1.67 bits per heavy atom. The number of rotatable bonds is 5. The van der Waals surface area contributed by atoms with Crippen LogP contribution in [-0.2, 0) is 4.74 Å². The van der Waals surface area contributed by atoms with Gasteiger partial charge in [0, 0.05) is 13.5 Å². The van der Waals surface area contributed by atoms with Crippen LogP contribution in [-0.4, -0.2) is 53.2 Å². The minimum absolute atomic E-state index is 0.326. The lowest BCUT2D eigenvalue weighted by Gasteiger charge is -2.47. The molecule has 0 rings (SSSR count). The van der Waals surface area contributed by atoms with E-state index in [1.54, 1.807) is 40.0 Å². The van der Waals surface area contributed by atoms with Gasteiger partial charge in [0.25, 0.3) is 0 Å². The largest absolute Gasteiger partial charge is 0.386 e. The summed E-state index contributed by atoms with van der Waals surface area (Å²) in [4.78, 5) is 1.62. The molecule has 0 aliphatic heterocycles. The van der Waals surface area contributed by atoms with Crippen molar-refractivity contribution < 1.29 is 14.9 Å². The Balaban J connectivity index is 5.00. The molecule has 0 aliphatic rings. The molecule has 15 heavy (non-hydrogen) atoms. The van der Waals surface area contributed by atoms with Gasteiger partial charge in [-0.1, -0.05) is 0 Å². The highest BCUT2D eigenvalue weighted by Gasteiger charge is 2.47. The summed E-state index contributed by atoms with van der Waals surface area (Å²) in [6, 6.07) is 0. The molecule has 2 N–H and O–H groups in total. The molecule has 1 atom stereocenters. The zero-order valence-electron chi connectivity index (χ0n) is 11.0. The molecule has 0 aromatic rings. The van der Waals surface area contributed by atoms with Crippen LogP contribution in [0.5, 0.6) is 0 Å². The van der Waals surface area contributed by atoms with E-state index >= 15 is 0 Å². The summed E-state index contributed by atoms with van der Waals surface area (Å²) in [5, 5.41) is 20.5. The zero-order valence-corrected chi connectivity index (χ0v) is 11.0. The van der Waals surface area contributed by atoms with E-state index in [9.17, 15) is 10.2 Å². The monoisotopic (exact) mass is 219 g/mol. The molecule has 0 amide bonds. The lowest BCUT2D eigenvalue weighted by Crippen LogP contribution is -2.62. The summed E-state index contributed by atoms with van der Waals surface area (Å²) in [6.07, 6.45) is 0.326. The van der Waals surface area contributed by atoms with E-state index in [1.807, 2.05) is 13.8 Å². The number of methoxy groups -OCH3 is 1. The van der Waals surface area contributed by atoms with Crippen LogP contribution in [0.2, 0.25) is 0 Å². The van der Waals surface area contributed by atoms with E-state index in [4.69, 9.17) is 4.74 Å². The number of nitrogens with zero attached hydrogens (tertiary/aromatic N) is 1. The summed E-state index contributed by atoms with van der Waals surface area (Å²) in [5.41, 5.74) is -3.02. The van der Waals surface area contributed by atoms with E-state index < -0.39 is 16.9 Å². The van der Waals surface area contributed by atoms with Gasteiger partial charge in [0.05, 0.1) is 5.60 Å². The number of aliphatic hydroxyl groups is 2. The lowest BCUT2D eigenvalue weighted by atomic mass is 9.83. The quantitative estimate of drug-likeness (QED) is 0.672. The average Bonchev–Trinajstić information content (AvgIpc) is 2.01. The zero-order chi connectivity index (χ0) is 12.5. The van der Waals surface area contributed by atoms with E-state index in [2.05, 4.69) is 0 Å². The SMILES string of the molecule is COC(C)(C)CC(O)(N(C)C)C(C)(C)O. The van der Waals surface area contributed by atoms with Crippen LogP contribution >= 0.6 is 0 Å². The normalized spacial score (nSPS) is 18.0. The van der Waals surface area contributed by atoms with Crippen LogP contribution in [0.15, 0.2) is 0 Å². The Hall–Kier alpha value is -0.160. The standard InChI is InChI=1S/C11H25NO3/c1-9(2,15-7)8-11(14,12(5)6)10(3,4)13/h13-14H,8H2,1-7H3. The molecule has 4 heteroatoms. The lowest BCUT2D eigenvalue weighted by molar-refractivity contribution is -0.231. The first-order valence-corrected chi connectivity index (χ1v) is 5.13. The Bertz CT molecular complexity index is 208. The number of ether oxygens (including phenoxy) is 1. The van der Waals surface area contributed by atoms with E-state index in [0.29, 0.717) is 6.42 Å². The number of hydrogen-bond acceptors (Lipinski definition) is 4. The van der Waals surface area contributed by atoms with Crippen LogP contribution < -0.4 is 0 Å².